The van der Waals surface area contributed by atoms with Crippen LogP contribution < -0.4 is 10.6 Å². The smallest absolute Gasteiger partial charge is 0.191 e. The second-order valence-corrected chi connectivity index (χ2v) is 5.97. The predicted molar refractivity (Wildman–Crippen MR) is 110 cm³/mol. The molecule has 6 heteroatoms. The maximum atomic E-state index is 13.7. The average Bonchev–Trinajstić information content (AvgIpc) is 3.08. The number of benzene rings is 1. The van der Waals surface area contributed by atoms with Crippen LogP contribution in [0.4, 0.5) is 4.39 Å². The molecule has 2 rings (SSSR count). The monoisotopic (exact) mass is 448 g/mol. The third-order valence-corrected chi connectivity index (χ3v) is 4.34. The van der Waals surface area contributed by atoms with Crippen LogP contribution in [0.2, 0.25) is 0 Å². The minimum Gasteiger partial charge on any atom is -0.357 e. The lowest BCUT2D eigenvalue weighted by atomic mass is 10.2. The number of likely N-dealkylation sites (tertiary alicyclic amines) is 1. The molecule has 1 aromatic rings. The van der Waals surface area contributed by atoms with Gasteiger partial charge in [0.1, 0.15) is 5.82 Å². The Morgan fingerprint density at radius 3 is 2.54 bits per heavy atom. The molecule has 0 aliphatic carbocycles. The van der Waals surface area contributed by atoms with Crippen LogP contribution in [0.25, 0.3) is 0 Å². The first-order valence-corrected chi connectivity index (χ1v) is 8.74. The molecule has 0 bridgehead atoms. The molecular weight excluding hydrogens is 418 g/mol. The fourth-order valence-corrected chi connectivity index (χ4v) is 2.99. The molecular formula is C18H30FIN4. The van der Waals surface area contributed by atoms with E-state index in [1.165, 1.54) is 32.0 Å². The Labute approximate surface area is 162 Å². The molecule has 1 aliphatic rings. The molecule has 1 unspecified atom stereocenters. The summed E-state index contributed by atoms with van der Waals surface area (Å²) in [5, 5.41) is 6.65. The number of rotatable bonds is 7. The van der Waals surface area contributed by atoms with E-state index >= 15 is 0 Å². The first-order chi connectivity index (χ1) is 11.2. The normalized spacial score (nSPS) is 16.5. The van der Waals surface area contributed by atoms with Gasteiger partial charge in [-0.05, 0) is 45.3 Å². The Kier molecular flexibility index (Phi) is 10.2. The van der Waals surface area contributed by atoms with Crippen LogP contribution in [0.1, 0.15) is 38.7 Å². The molecule has 4 nitrogen and oxygen atoms in total. The Morgan fingerprint density at radius 2 is 1.92 bits per heavy atom. The Balaban J connectivity index is 0.00000288. The highest BCUT2D eigenvalue weighted by atomic mass is 127. The van der Waals surface area contributed by atoms with Gasteiger partial charge in [0.15, 0.2) is 5.96 Å². The number of aliphatic imine (C=N–C) groups is 1. The summed E-state index contributed by atoms with van der Waals surface area (Å²) in [4.78, 5) is 7.06. The second kappa shape index (κ2) is 11.6. The van der Waals surface area contributed by atoms with Crippen LogP contribution in [-0.4, -0.2) is 43.1 Å². The van der Waals surface area contributed by atoms with Crippen molar-refractivity contribution in [3.05, 3.63) is 35.6 Å². The minimum absolute atomic E-state index is 0. The molecule has 1 aliphatic heterocycles. The quantitative estimate of drug-likeness (QED) is 0.382. The summed E-state index contributed by atoms with van der Waals surface area (Å²) in [6.07, 6.45) is 3.73. The second-order valence-electron chi connectivity index (χ2n) is 5.97. The minimum atomic E-state index is -0.199. The van der Waals surface area contributed by atoms with Gasteiger partial charge in [0, 0.05) is 24.7 Å². The van der Waals surface area contributed by atoms with Gasteiger partial charge in [0.05, 0.1) is 6.54 Å². The van der Waals surface area contributed by atoms with Crippen molar-refractivity contribution in [3.8, 4) is 0 Å². The lowest BCUT2D eigenvalue weighted by Crippen LogP contribution is -2.46. The first kappa shape index (κ1) is 21.2. The van der Waals surface area contributed by atoms with Crippen molar-refractivity contribution < 1.29 is 4.39 Å². The van der Waals surface area contributed by atoms with Crippen molar-refractivity contribution in [2.75, 3.05) is 26.2 Å². The van der Waals surface area contributed by atoms with Crippen molar-refractivity contribution in [1.82, 2.24) is 15.5 Å². The molecule has 24 heavy (non-hydrogen) atoms. The van der Waals surface area contributed by atoms with Gasteiger partial charge in [0.25, 0.3) is 0 Å². The highest BCUT2D eigenvalue weighted by Crippen LogP contribution is 2.13. The van der Waals surface area contributed by atoms with E-state index in [1.807, 2.05) is 13.0 Å². The van der Waals surface area contributed by atoms with Crippen molar-refractivity contribution in [2.45, 2.75) is 45.7 Å². The predicted octanol–water partition coefficient (Wildman–Crippen LogP) is 3.37. The van der Waals surface area contributed by atoms with E-state index in [4.69, 9.17) is 0 Å². The van der Waals surface area contributed by atoms with Crippen molar-refractivity contribution in [3.63, 3.8) is 0 Å². The van der Waals surface area contributed by atoms with Crippen LogP contribution in [0.3, 0.4) is 0 Å². The van der Waals surface area contributed by atoms with E-state index in [0.717, 1.165) is 25.5 Å². The molecule has 0 spiro atoms. The van der Waals surface area contributed by atoms with Crippen LogP contribution in [-0.2, 0) is 6.54 Å². The van der Waals surface area contributed by atoms with E-state index in [-0.39, 0.29) is 29.8 Å². The van der Waals surface area contributed by atoms with Crippen LogP contribution >= 0.6 is 24.0 Å². The summed E-state index contributed by atoms with van der Waals surface area (Å²) in [5.41, 5.74) is 0.622. The molecule has 1 fully saturated rings. The molecule has 1 atom stereocenters. The van der Waals surface area contributed by atoms with E-state index in [0.29, 0.717) is 18.2 Å². The fourth-order valence-electron chi connectivity index (χ4n) is 2.99. The SMILES string of the molecule is CCNC(=NCc1ccccc1F)NCC(CC)N1CCCC1.I. The molecule has 0 saturated carbocycles. The van der Waals surface area contributed by atoms with Gasteiger partial charge < -0.3 is 10.6 Å². The Morgan fingerprint density at radius 1 is 1.21 bits per heavy atom. The van der Waals surface area contributed by atoms with E-state index in [1.54, 1.807) is 12.1 Å². The average molecular weight is 448 g/mol. The maximum Gasteiger partial charge on any atom is 0.191 e. The van der Waals surface area contributed by atoms with E-state index in [9.17, 15) is 4.39 Å². The third-order valence-electron chi connectivity index (χ3n) is 4.34. The van der Waals surface area contributed by atoms with Gasteiger partial charge in [-0.1, -0.05) is 25.1 Å². The number of hydrogen-bond donors (Lipinski definition) is 2. The van der Waals surface area contributed by atoms with Gasteiger partial charge in [-0.2, -0.15) is 0 Å². The summed E-state index contributed by atoms with van der Waals surface area (Å²) in [5.74, 6) is 0.559. The number of nitrogens with one attached hydrogen (secondary N) is 2. The molecule has 0 aromatic heterocycles. The molecule has 0 radical (unpaired) electrons. The third kappa shape index (κ3) is 6.55. The van der Waals surface area contributed by atoms with E-state index in [2.05, 4.69) is 27.4 Å². The highest BCUT2D eigenvalue weighted by molar-refractivity contribution is 14.0. The van der Waals surface area contributed by atoms with Crippen molar-refractivity contribution in [2.24, 2.45) is 4.99 Å². The van der Waals surface area contributed by atoms with Gasteiger partial charge in [-0.3, -0.25) is 4.90 Å². The molecule has 136 valence electrons. The van der Waals surface area contributed by atoms with Gasteiger partial charge in [0.2, 0.25) is 0 Å². The van der Waals surface area contributed by atoms with Crippen LogP contribution in [0.5, 0.6) is 0 Å². The lowest BCUT2D eigenvalue weighted by molar-refractivity contribution is 0.236. The zero-order valence-electron chi connectivity index (χ0n) is 14.7. The largest absolute Gasteiger partial charge is 0.357 e. The highest BCUT2D eigenvalue weighted by Gasteiger charge is 2.20. The summed E-state index contributed by atoms with van der Waals surface area (Å²) >= 11 is 0. The van der Waals surface area contributed by atoms with Crippen molar-refractivity contribution in [1.29, 1.82) is 0 Å². The molecule has 1 saturated heterocycles. The number of guanidine groups is 1. The van der Waals surface area contributed by atoms with Gasteiger partial charge in [-0.25, -0.2) is 9.38 Å². The first-order valence-electron chi connectivity index (χ1n) is 8.74. The lowest BCUT2D eigenvalue weighted by Gasteiger charge is -2.27. The van der Waals surface area contributed by atoms with Crippen molar-refractivity contribution >= 4 is 29.9 Å². The summed E-state index contributed by atoms with van der Waals surface area (Å²) in [7, 11) is 0. The molecule has 1 heterocycles. The number of nitrogens with zero attached hydrogens (tertiary/aromatic N) is 2. The van der Waals surface area contributed by atoms with Gasteiger partial charge >= 0.3 is 0 Å². The van der Waals surface area contributed by atoms with Crippen LogP contribution in [0.15, 0.2) is 29.3 Å². The summed E-state index contributed by atoms with van der Waals surface area (Å²) < 4.78 is 13.7. The zero-order chi connectivity index (χ0) is 16.5. The summed E-state index contributed by atoms with van der Waals surface area (Å²) in [6, 6.07) is 7.34. The Bertz CT molecular complexity index is 504. The Hall–Kier alpha value is -0.890. The zero-order valence-corrected chi connectivity index (χ0v) is 17.1. The topological polar surface area (TPSA) is 39.7 Å². The number of hydrogen-bond acceptors (Lipinski definition) is 2. The van der Waals surface area contributed by atoms with E-state index < -0.39 is 0 Å². The fraction of sp³-hybridized carbons (Fsp3) is 0.611. The molecule has 2 N–H and O–H groups in total. The molecule has 0 amide bonds. The van der Waals surface area contributed by atoms with Gasteiger partial charge in [-0.15, -0.1) is 24.0 Å². The number of halogens is 2. The summed E-state index contributed by atoms with van der Waals surface area (Å²) in [6.45, 7) is 8.68. The molecule has 1 aromatic carbocycles. The maximum absolute atomic E-state index is 13.7. The van der Waals surface area contributed by atoms with Crippen LogP contribution in [0, 0.1) is 5.82 Å². The standard InChI is InChI=1S/C18H29FN4.HI/c1-3-16(23-11-7-8-12-23)14-22-18(20-4-2)21-13-15-9-5-6-10-17(15)19;/h5-6,9-10,16H,3-4,7-8,11-14H2,1-2H3,(H2,20,21,22);1H.